The first-order valence-corrected chi connectivity index (χ1v) is 8.01. The van der Waals surface area contributed by atoms with Crippen molar-refractivity contribution in [1.29, 1.82) is 0 Å². The number of carboxylic acids is 1. The van der Waals surface area contributed by atoms with Gasteiger partial charge in [0.1, 0.15) is 5.75 Å². The molecule has 1 atom stereocenters. The number of rotatable bonds is 5. The number of nitrogens with zero attached hydrogens (tertiary/aromatic N) is 1. The van der Waals surface area contributed by atoms with E-state index >= 15 is 0 Å². The molecule has 116 valence electrons. The lowest BCUT2D eigenvalue weighted by Gasteiger charge is -2.29. The maximum absolute atomic E-state index is 12.3. The molecule has 1 saturated heterocycles. The van der Waals surface area contributed by atoms with Crippen molar-refractivity contribution in [3.05, 3.63) is 24.3 Å². The Bertz CT molecular complexity index is 599. The summed E-state index contributed by atoms with van der Waals surface area (Å²) in [4.78, 5) is 11.0. The van der Waals surface area contributed by atoms with E-state index in [9.17, 15) is 13.2 Å². The summed E-state index contributed by atoms with van der Waals surface area (Å²) in [7, 11) is -2.22. The van der Waals surface area contributed by atoms with Crippen LogP contribution < -0.4 is 9.46 Å². The Balaban J connectivity index is 2.08. The fraction of sp³-hybridized carbons (Fsp3) is 0.462. The van der Waals surface area contributed by atoms with Crippen LogP contribution in [0.1, 0.15) is 12.8 Å². The van der Waals surface area contributed by atoms with Crippen LogP contribution >= 0.6 is 0 Å². The van der Waals surface area contributed by atoms with Crippen molar-refractivity contribution >= 4 is 21.9 Å². The maximum Gasteiger partial charge on any atom is 0.307 e. The Labute approximate surface area is 123 Å². The molecule has 2 N–H and O–H groups in total. The zero-order chi connectivity index (χ0) is 15.5. The van der Waals surface area contributed by atoms with Crippen molar-refractivity contribution in [2.75, 3.05) is 24.9 Å². The number of carboxylic acid groups (broad SMARTS) is 1. The summed E-state index contributed by atoms with van der Waals surface area (Å²) in [5.41, 5.74) is 0.410. The van der Waals surface area contributed by atoms with Crippen molar-refractivity contribution in [2.45, 2.75) is 12.8 Å². The molecule has 1 unspecified atom stereocenters. The van der Waals surface area contributed by atoms with Gasteiger partial charge in [0.05, 0.1) is 18.7 Å². The summed E-state index contributed by atoms with van der Waals surface area (Å²) >= 11 is 0. The van der Waals surface area contributed by atoms with Crippen molar-refractivity contribution < 1.29 is 23.1 Å². The molecule has 0 aromatic heterocycles. The molecule has 0 amide bonds. The van der Waals surface area contributed by atoms with Crippen molar-refractivity contribution in [3.8, 4) is 5.75 Å². The van der Waals surface area contributed by atoms with Gasteiger partial charge in [0.2, 0.25) is 0 Å². The highest BCUT2D eigenvalue weighted by Gasteiger charge is 2.32. The Hall–Kier alpha value is -1.80. The second-order valence-corrected chi connectivity index (χ2v) is 6.54. The van der Waals surface area contributed by atoms with Gasteiger partial charge in [-0.2, -0.15) is 12.7 Å². The minimum Gasteiger partial charge on any atom is -0.497 e. The first-order valence-electron chi connectivity index (χ1n) is 6.57. The van der Waals surface area contributed by atoms with E-state index in [-0.39, 0.29) is 6.54 Å². The Morgan fingerprint density at radius 2 is 2.05 bits per heavy atom. The smallest absolute Gasteiger partial charge is 0.307 e. The molecule has 1 aliphatic rings. The molecule has 1 heterocycles. The fourth-order valence-electron chi connectivity index (χ4n) is 2.23. The van der Waals surface area contributed by atoms with Gasteiger partial charge in [-0.15, -0.1) is 0 Å². The van der Waals surface area contributed by atoms with E-state index in [0.717, 1.165) is 0 Å². The third-order valence-electron chi connectivity index (χ3n) is 3.41. The molecule has 0 radical (unpaired) electrons. The summed E-state index contributed by atoms with van der Waals surface area (Å²) in [5.74, 6) is -0.979. The molecule has 0 spiro atoms. The summed E-state index contributed by atoms with van der Waals surface area (Å²) in [6, 6.07) is 6.48. The number of piperidine rings is 1. The fourth-order valence-corrected chi connectivity index (χ4v) is 3.54. The van der Waals surface area contributed by atoms with Crippen LogP contribution in [-0.4, -0.2) is 44.0 Å². The van der Waals surface area contributed by atoms with Gasteiger partial charge in [-0.25, -0.2) is 0 Å². The molecule has 0 aliphatic carbocycles. The van der Waals surface area contributed by atoms with Gasteiger partial charge in [0.25, 0.3) is 0 Å². The van der Waals surface area contributed by atoms with E-state index in [2.05, 4.69) is 4.72 Å². The highest BCUT2D eigenvalue weighted by Crippen LogP contribution is 2.22. The van der Waals surface area contributed by atoms with Crippen LogP contribution in [0.4, 0.5) is 5.69 Å². The highest BCUT2D eigenvalue weighted by molar-refractivity contribution is 7.90. The van der Waals surface area contributed by atoms with Crippen molar-refractivity contribution in [1.82, 2.24) is 4.31 Å². The van der Waals surface area contributed by atoms with E-state index in [0.29, 0.717) is 30.8 Å². The largest absolute Gasteiger partial charge is 0.497 e. The Kier molecular flexibility index (Phi) is 4.69. The van der Waals surface area contributed by atoms with Crippen LogP contribution in [0.25, 0.3) is 0 Å². The normalized spacial score (nSPS) is 20.0. The zero-order valence-electron chi connectivity index (χ0n) is 11.7. The number of methoxy groups -OCH3 is 1. The first kappa shape index (κ1) is 15.6. The Morgan fingerprint density at radius 1 is 1.38 bits per heavy atom. The SMILES string of the molecule is COc1ccc(NS(=O)(=O)N2CCCC(C(=O)O)C2)cc1. The number of hydrogen-bond donors (Lipinski definition) is 2. The topological polar surface area (TPSA) is 95.9 Å². The average Bonchev–Trinajstić information content (AvgIpc) is 2.48. The minimum absolute atomic E-state index is 0.000815. The second-order valence-electron chi connectivity index (χ2n) is 4.87. The molecule has 1 aromatic carbocycles. The molecule has 1 aliphatic heterocycles. The van der Waals surface area contributed by atoms with Crippen molar-refractivity contribution in [3.63, 3.8) is 0 Å². The lowest BCUT2D eigenvalue weighted by Crippen LogP contribution is -2.44. The third-order valence-corrected chi connectivity index (χ3v) is 4.92. The molecule has 0 bridgehead atoms. The average molecular weight is 314 g/mol. The van der Waals surface area contributed by atoms with Gasteiger partial charge >= 0.3 is 16.2 Å². The summed E-state index contributed by atoms with van der Waals surface area (Å²) < 4.78 is 33.2. The summed E-state index contributed by atoms with van der Waals surface area (Å²) in [6.45, 7) is 0.329. The standard InChI is InChI=1S/C13H18N2O5S/c1-20-12-6-4-11(5-7-12)14-21(18,19)15-8-2-3-10(9-15)13(16)17/h4-7,10,14H,2-3,8-9H2,1H3,(H,16,17). The number of carbonyl (C=O) groups is 1. The summed E-state index contributed by atoms with van der Waals surface area (Å²) in [6.07, 6.45) is 1.05. The molecule has 7 nitrogen and oxygen atoms in total. The molecule has 21 heavy (non-hydrogen) atoms. The van der Waals surface area contributed by atoms with Gasteiger partial charge < -0.3 is 9.84 Å². The van der Waals surface area contributed by atoms with Crippen LogP contribution in [0.5, 0.6) is 5.75 Å². The highest BCUT2D eigenvalue weighted by atomic mass is 32.2. The van der Waals surface area contributed by atoms with E-state index in [1.807, 2.05) is 0 Å². The van der Waals surface area contributed by atoms with Crippen molar-refractivity contribution in [2.24, 2.45) is 5.92 Å². The van der Waals surface area contributed by atoms with Gasteiger partial charge in [-0.3, -0.25) is 9.52 Å². The van der Waals surface area contributed by atoms with E-state index in [1.165, 1.54) is 11.4 Å². The lowest BCUT2D eigenvalue weighted by atomic mass is 10.0. The monoisotopic (exact) mass is 314 g/mol. The van der Waals surface area contributed by atoms with Gasteiger partial charge in [0, 0.05) is 13.1 Å². The van der Waals surface area contributed by atoms with Gasteiger partial charge in [-0.05, 0) is 37.1 Å². The molecule has 2 rings (SSSR count). The third kappa shape index (κ3) is 3.85. The number of hydrogen-bond acceptors (Lipinski definition) is 4. The van der Waals surface area contributed by atoms with Gasteiger partial charge in [-0.1, -0.05) is 0 Å². The number of benzene rings is 1. The lowest BCUT2D eigenvalue weighted by molar-refractivity contribution is -0.142. The number of anilines is 1. The van der Waals surface area contributed by atoms with Crippen LogP contribution in [0, 0.1) is 5.92 Å². The van der Waals surface area contributed by atoms with E-state index in [4.69, 9.17) is 9.84 Å². The maximum atomic E-state index is 12.3. The van der Waals surface area contributed by atoms with Crippen LogP contribution in [0.3, 0.4) is 0 Å². The molecule has 1 aromatic rings. The van der Waals surface area contributed by atoms with Crippen LogP contribution in [0.15, 0.2) is 24.3 Å². The minimum atomic E-state index is -3.74. The van der Waals surface area contributed by atoms with E-state index < -0.39 is 22.1 Å². The number of nitrogens with one attached hydrogen (secondary N) is 1. The first-order chi connectivity index (χ1) is 9.92. The quantitative estimate of drug-likeness (QED) is 0.850. The molecule has 0 saturated carbocycles. The van der Waals surface area contributed by atoms with E-state index in [1.54, 1.807) is 24.3 Å². The zero-order valence-corrected chi connectivity index (χ0v) is 12.5. The number of aliphatic carboxylic acids is 1. The molecular weight excluding hydrogens is 296 g/mol. The number of ether oxygens (including phenoxy) is 1. The molecule has 8 heteroatoms. The predicted octanol–water partition coefficient (Wildman–Crippen LogP) is 1.15. The Morgan fingerprint density at radius 3 is 2.62 bits per heavy atom. The van der Waals surface area contributed by atoms with Crippen LogP contribution in [-0.2, 0) is 15.0 Å². The molecular formula is C13H18N2O5S. The second kappa shape index (κ2) is 6.31. The summed E-state index contributed by atoms with van der Waals surface area (Å²) in [5, 5.41) is 9.01. The van der Waals surface area contributed by atoms with Gasteiger partial charge in [0.15, 0.2) is 0 Å². The predicted molar refractivity (Wildman–Crippen MR) is 77.5 cm³/mol. The van der Waals surface area contributed by atoms with Crippen LogP contribution in [0.2, 0.25) is 0 Å². The molecule has 1 fully saturated rings.